The number of esters is 1. The lowest BCUT2D eigenvalue weighted by Crippen LogP contribution is -2.06. The summed E-state index contributed by atoms with van der Waals surface area (Å²) in [6.07, 6.45) is 1.01. The molecular weight excluding hydrogens is 231 g/mol. The Labute approximate surface area is 68.1 Å². The first-order valence-electron chi connectivity index (χ1n) is 3.06. The van der Waals surface area contributed by atoms with Crippen molar-refractivity contribution in [1.29, 1.82) is 0 Å². The second kappa shape index (κ2) is 2.86. The number of alkyl halides is 1. The van der Waals surface area contributed by atoms with Gasteiger partial charge in [-0.1, -0.05) is 22.6 Å². The molecule has 0 bridgehead atoms. The first-order valence-corrected chi connectivity index (χ1v) is 4.31. The molecule has 0 aromatic carbocycles. The molecule has 0 aromatic rings. The van der Waals surface area contributed by atoms with Crippen LogP contribution in [0.5, 0.6) is 0 Å². The van der Waals surface area contributed by atoms with E-state index in [0.717, 1.165) is 6.42 Å². The van der Waals surface area contributed by atoms with Gasteiger partial charge in [0.1, 0.15) is 0 Å². The van der Waals surface area contributed by atoms with E-state index in [4.69, 9.17) is 4.74 Å². The summed E-state index contributed by atoms with van der Waals surface area (Å²) >= 11 is 2.27. The van der Waals surface area contributed by atoms with Gasteiger partial charge in [-0.05, 0) is 13.3 Å². The van der Waals surface area contributed by atoms with E-state index in [1.807, 2.05) is 6.92 Å². The summed E-state index contributed by atoms with van der Waals surface area (Å²) in [5.41, 5.74) is 0. The number of carbonyl (C=O) groups excluding carboxylic acids is 1. The minimum atomic E-state index is -0.0168. The summed E-state index contributed by atoms with van der Waals surface area (Å²) in [6, 6.07) is 0. The smallest absolute Gasteiger partial charge is 0.310 e. The van der Waals surface area contributed by atoms with Crippen LogP contribution in [0, 0.1) is 5.92 Å². The molecule has 0 spiro atoms. The van der Waals surface area contributed by atoms with Crippen LogP contribution in [0.4, 0.5) is 0 Å². The van der Waals surface area contributed by atoms with E-state index in [9.17, 15) is 4.79 Å². The van der Waals surface area contributed by atoms with Gasteiger partial charge in [-0.15, -0.1) is 0 Å². The topological polar surface area (TPSA) is 26.3 Å². The number of rotatable bonds is 2. The minimum Gasteiger partial charge on any atom is -0.466 e. The Morgan fingerprint density at radius 1 is 1.89 bits per heavy atom. The van der Waals surface area contributed by atoms with E-state index in [2.05, 4.69) is 22.6 Å². The van der Waals surface area contributed by atoms with Gasteiger partial charge < -0.3 is 4.74 Å². The Bertz CT molecular complexity index is 124. The maximum Gasteiger partial charge on any atom is 0.310 e. The fourth-order valence-corrected chi connectivity index (χ4v) is 1.50. The maximum absolute atomic E-state index is 10.8. The quantitative estimate of drug-likeness (QED) is 0.414. The maximum atomic E-state index is 10.8. The molecule has 52 valence electrons. The van der Waals surface area contributed by atoms with Crippen LogP contribution in [0.1, 0.15) is 13.3 Å². The molecule has 0 aromatic heterocycles. The van der Waals surface area contributed by atoms with Gasteiger partial charge >= 0.3 is 5.97 Å². The van der Waals surface area contributed by atoms with E-state index in [0.29, 0.717) is 10.5 Å². The predicted molar refractivity (Wildman–Crippen MR) is 42.5 cm³/mol. The van der Waals surface area contributed by atoms with Gasteiger partial charge in [0.2, 0.25) is 0 Å². The van der Waals surface area contributed by atoms with Crippen LogP contribution in [-0.2, 0) is 9.53 Å². The van der Waals surface area contributed by atoms with Crippen LogP contribution < -0.4 is 0 Å². The minimum absolute atomic E-state index is 0.0168. The number of hydrogen-bond donors (Lipinski definition) is 0. The number of ether oxygens (including phenoxy) is 1. The van der Waals surface area contributed by atoms with Gasteiger partial charge in [-0.25, -0.2) is 0 Å². The normalized spacial score (nSPS) is 31.8. The molecule has 9 heavy (non-hydrogen) atoms. The Hall–Kier alpha value is 0.200. The highest BCUT2D eigenvalue weighted by Gasteiger charge is 2.42. The van der Waals surface area contributed by atoms with Crippen molar-refractivity contribution in [1.82, 2.24) is 0 Å². The van der Waals surface area contributed by atoms with Crippen LogP contribution >= 0.6 is 22.6 Å². The van der Waals surface area contributed by atoms with Crippen molar-refractivity contribution in [2.45, 2.75) is 17.3 Å². The summed E-state index contributed by atoms with van der Waals surface area (Å²) in [7, 11) is 0. The average Bonchev–Trinajstić information content (AvgIpc) is 2.47. The SMILES string of the molecule is CCOC(=O)[C@H]1CC1I. The van der Waals surface area contributed by atoms with E-state index >= 15 is 0 Å². The van der Waals surface area contributed by atoms with Crippen LogP contribution in [0.2, 0.25) is 0 Å². The highest BCUT2D eigenvalue weighted by Crippen LogP contribution is 2.38. The first kappa shape index (κ1) is 7.31. The van der Waals surface area contributed by atoms with Crippen LogP contribution in [0.25, 0.3) is 0 Å². The van der Waals surface area contributed by atoms with Gasteiger partial charge in [0, 0.05) is 3.92 Å². The molecule has 1 aliphatic carbocycles. The monoisotopic (exact) mass is 240 g/mol. The molecule has 2 nitrogen and oxygen atoms in total. The third-order valence-corrected chi connectivity index (χ3v) is 2.68. The highest BCUT2D eigenvalue weighted by atomic mass is 127. The van der Waals surface area contributed by atoms with Crippen molar-refractivity contribution in [2.24, 2.45) is 5.92 Å². The van der Waals surface area contributed by atoms with Gasteiger partial charge in [0.25, 0.3) is 0 Å². The average molecular weight is 240 g/mol. The van der Waals surface area contributed by atoms with Gasteiger partial charge in [0.15, 0.2) is 0 Å². The molecule has 2 atom stereocenters. The van der Waals surface area contributed by atoms with Gasteiger partial charge in [0.05, 0.1) is 12.5 Å². The molecule has 1 fully saturated rings. The Kier molecular flexibility index (Phi) is 2.32. The number of halogens is 1. The highest BCUT2D eigenvalue weighted by molar-refractivity contribution is 14.1. The molecule has 0 N–H and O–H groups in total. The van der Waals surface area contributed by atoms with Crippen LogP contribution in [0.3, 0.4) is 0 Å². The molecule has 3 heteroatoms. The zero-order valence-corrected chi connectivity index (χ0v) is 7.42. The molecule has 1 rings (SSSR count). The molecule has 0 radical (unpaired) electrons. The molecule has 1 unspecified atom stereocenters. The van der Waals surface area contributed by atoms with Crippen molar-refractivity contribution >= 4 is 28.6 Å². The van der Waals surface area contributed by atoms with Crippen LogP contribution in [-0.4, -0.2) is 16.5 Å². The molecule has 1 aliphatic rings. The molecule has 0 heterocycles. The predicted octanol–water partition coefficient (Wildman–Crippen LogP) is 1.37. The lowest BCUT2D eigenvalue weighted by atomic mass is 10.4. The number of hydrogen-bond acceptors (Lipinski definition) is 2. The third kappa shape index (κ3) is 1.81. The third-order valence-electron chi connectivity index (χ3n) is 1.30. The van der Waals surface area contributed by atoms with E-state index in [-0.39, 0.29) is 11.9 Å². The van der Waals surface area contributed by atoms with E-state index < -0.39 is 0 Å². The molecule has 0 aliphatic heterocycles. The number of carbonyl (C=O) groups is 1. The van der Waals surface area contributed by atoms with Crippen molar-refractivity contribution in [3.8, 4) is 0 Å². The second-order valence-corrected chi connectivity index (χ2v) is 3.71. The zero-order valence-electron chi connectivity index (χ0n) is 5.26. The molecule has 1 saturated carbocycles. The van der Waals surface area contributed by atoms with E-state index in [1.165, 1.54) is 0 Å². The lowest BCUT2D eigenvalue weighted by Gasteiger charge is -1.96. The second-order valence-electron chi connectivity index (χ2n) is 2.11. The summed E-state index contributed by atoms with van der Waals surface area (Å²) in [5, 5.41) is 0. The Balaban J connectivity index is 2.20. The van der Waals surface area contributed by atoms with Crippen molar-refractivity contribution in [3.63, 3.8) is 0 Å². The van der Waals surface area contributed by atoms with Gasteiger partial charge in [-0.3, -0.25) is 4.79 Å². The summed E-state index contributed by atoms with van der Waals surface area (Å²) in [4.78, 5) is 10.8. The molecule has 0 amide bonds. The first-order chi connectivity index (χ1) is 4.25. The van der Waals surface area contributed by atoms with E-state index in [1.54, 1.807) is 0 Å². The summed E-state index contributed by atoms with van der Waals surface area (Å²) in [6.45, 7) is 2.35. The Morgan fingerprint density at radius 3 is 2.78 bits per heavy atom. The largest absolute Gasteiger partial charge is 0.466 e. The molecule has 0 saturated heterocycles. The van der Waals surface area contributed by atoms with Crippen LogP contribution in [0.15, 0.2) is 0 Å². The standard InChI is InChI=1S/C6H9IO2/c1-2-9-6(8)4-3-5(4)7/h4-5H,2-3H2,1H3/t4-,5?/m0/s1. The zero-order chi connectivity index (χ0) is 6.85. The molecular formula is C6H9IO2. The summed E-state index contributed by atoms with van der Waals surface area (Å²) < 4.78 is 5.34. The lowest BCUT2D eigenvalue weighted by molar-refractivity contribution is -0.144. The van der Waals surface area contributed by atoms with Crippen molar-refractivity contribution in [2.75, 3.05) is 6.61 Å². The summed E-state index contributed by atoms with van der Waals surface area (Å²) in [5.74, 6) is 0.197. The van der Waals surface area contributed by atoms with Crippen molar-refractivity contribution in [3.05, 3.63) is 0 Å². The fourth-order valence-electron chi connectivity index (χ4n) is 0.657. The Morgan fingerprint density at radius 2 is 2.44 bits per heavy atom. The fraction of sp³-hybridized carbons (Fsp3) is 0.833. The van der Waals surface area contributed by atoms with Crippen molar-refractivity contribution < 1.29 is 9.53 Å². The van der Waals surface area contributed by atoms with Gasteiger partial charge in [-0.2, -0.15) is 0 Å².